The Morgan fingerprint density at radius 3 is 3.12 bits per heavy atom. The Labute approximate surface area is 99.0 Å². The zero-order valence-electron chi connectivity index (χ0n) is 9.69. The Balaban J connectivity index is 1.77. The third-order valence-corrected chi connectivity index (χ3v) is 2.87. The van der Waals surface area contributed by atoms with Crippen LogP contribution in [0.4, 0.5) is 0 Å². The highest BCUT2D eigenvalue weighted by molar-refractivity contribution is 5.81. The van der Waals surface area contributed by atoms with Crippen LogP contribution in [-0.2, 0) is 11.2 Å². The van der Waals surface area contributed by atoms with Gasteiger partial charge in [0.15, 0.2) is 11.5 Å². The fourth-order valence-corrected chi connectivity index (χ4v) is 1.89. The maximum absolute atomic E-state index is 11.6. The molecule has 3 rings (SSSR count). The van der Waals surface area contributed by atoms with Crippen molar-refractivity contribution in [3.8, 4) is 0 Å². The molecule has 1 fully saturated rings. The molecule has 1 saturated carbocycles. The summed E-state index contributed by atoms with van der Waals surface area (Å²) < 4.78 is 5.44. The average Bonchev–Trinajstić information content (AvgIpc) is 2.98. The minimum absolute atomic E-state index is 0.0862. The predicted molar refractivity (Wildman–Crippen MR) is 63.6 cm³/mol. The van der Waals surface area contributed by atoms with Gasteiger partial charge in [0.25, 0.3) is 0 Å². The number of benzene rings is 1. The van der Waals surface area contributed by atoms with E-state index in [2.05, 4.69) is 10.3 Å². The minimum atomic E-state index is 0.0862. The van der Waals surface area contributed by atoms with Crippen LogP contribution in [0.25, 0.3) is 11.1 Å². The summed E-state index contributed by atoms with van der Waals surface area (Å²) in [5.74, 6) is 0.739. The normalized spacial score (nSPS) is 15.1. The Bertz CT molecular complexity index is 570. The van der Waals surface area contributed by atoms with Gasteiger partial charge in [-0.1, -0.05) is 6.07 Å². The molecular formula is C13H14N2O2. The number of hydrogen-bond acceptors (Lipinski definition) is 3. The summed E-state index contributed by atoms with van der Waals surface area (Å²) in [6, 6.07) is 6.13. The first kappa shape index (κ1) is 10.3. The zero-order chi connectivity index (χ0) is 11.8. The summed E-state index contributed by atoms with van der Waals surface area (Å²) in [6.07, 6.45) is 2.64. The molecule has 0 bridgehead atoms. The molecule has 88 valence electrons. The molecule has 1 aliphatic carbocycles. The second kappa shape index (κ2) is 3.87. The summed E-state index contributed by atoms with van der Waals surface area (Å²) in [4.78, 5) is 15.9. The molecule has 0 aliphatic heterocycles. The van der Waals surface area contributed by atoms with E-state index in [4.69, 9.17) is 4.42 Å². The van der Waals surface area contributed by atoms with Crippen molar-refractivity contribution in [2.45, 2.75) is 32.2 Å². The molecule has 1 heterocycles. The standard InChI is InChI=1S/C13H14N2O2/c1-8-14-11-5-2-9(6-12(11)17-8)7-13(16)15-10-3-4-10/h2,5-6,10H,3-4,7H2,1H3,(H,15,16). The van der Waals surface area contributed by atoms with E-state index in [0.717, 1.165) is 29.5 Å². The first-order chi connectivity index (χ1) is 8.20. The molecule has 0 atom stereocenters. The van der Waals surface area contributed by atoms with E-state index in [9.17, 15) is 4.79 Å². The number of aromatic nitrogens is 1. The van der Waals surface area contributed by atoms with E-state index in [0.29, 0.717) is 18.4 Å². The molecule has 4 nitrogen and oxygen atoms in total. The van der Waals surface area contributed by atoms with Crippen molar-refractivity contribution in [2.75, 3.05) is 0 Å². The number of fused-ring (bicyclic) bond motifs is 1. The molecule has 0 unspecified atom stereocenters. The number of carbonyl (C=O) groups excluding carboxylic acids is 1. The van der Waals surface area contributed by atoms with E-state index < -0.39 is 0 Å². The summed E-state index contributed by atoms with van der Waals surface area (Å²) in [5.41, 5.74) is 2.56. The highest BCUT2D eigenvalue weighted by Gasteiger charge is 2.23. The lowest BCUT2D eigenvalue weighted by molar-refractivity contribution is -0.120. The van der Waals surface area contributed by atoms with Crippen LogP contribution in [0.1, 0.15) is 24.3 Å². The molecule has 1 aromatic carbocycles. The first-order valence-electron chi connectivity index (χ1n) is 5.86. The molecule has 0 radical (unpaired) electrons. The topological polar surface area (TPSA) is 55.1 Å². The van der Waals surface area contributed by atoms with Crippen molar-refractivity contribution in [3.05, 3.63) is 29.7 Å². The Morgan fingerprint density at radius 1 is 1.53 bits per heavy atom. The third kappa shape index (κ3) is 2.30. The third-order valence-electron chi connectivity index (χ3n) is 2.87. The number of aryl methyl sites for hydroxylation is 1. The summed E-state index contributed by atoms with van der Waals surface area (Å²) in [7, 11) is 0. The van der Waals surface area contributed by atoms with Gasteiger partial charge in [-0.25, -0.2) is 4.98 Å². The second-order valence-corrected chi connectivity index (χ2v) is 4.55. The maximum atomic E-state index is 11.6. The molecule has 1 aliphatic rings. The fraction of sp³-hybridized carbons (Fsp3) is 0.385. The highest BCUT2D eigenvalue weighted by Crippen LogP contribution is 2.20. The number of oxazole rings is 1. The number of nitrogens with one attached hydrogen (secondary N) is 1. The fourth-order valence-electron chi connectivity index (χ4n) is 1.89. The molecule has 0 spiro atoms. The minimum Gasteiger partial charge on any atom is -0.441 e. The maximum Gasteiger partial charge on any atom is 0.224 e. The number of nitrogens with zero attached hydrogens (tertiary/aromatic N) is 1. The van der Waals surface area contributed by atoms with Crippen molar-refractivity contribution in [1.82, 2.24) is 10.3 Å². The summed E-state index contributed by atoms with van der Waals surface area (Å²) >= 11 is 0. The van der Waals surface area contributed by atoms with Crippen molar-refractivity contribution in [3.63, 3.8) is 0 Å². The van der Waals surface area contributed by atoms with Gasteiger partial charge < -0.3 is 9.73 Å². The zero-order valence-corrected chi connectivity index (χ0v) is 9.69. The van der Waals surface area contributed by atoms with E-state index in [1.54, 1.807) is 0 Å². The van der Waals surface area contributed by atoms with Crippen LogP contribution < -0.4 is 5.32 Å². The van der Waals surface area contributed by atoms with Gasteiger partial charge in [-0.15, -0.1) is 0 Å². The molecule has 2 aromatic rings. The number of rotatable bonds is 3. The Hall–Kier alpha value is -1.84. The van der Waals surface area contributed by atoms with Crippen LogP contribution in [0.3, 0.4) is 0 Å². The van der Waals surface area contributed by atoms with Crippen molar-refractivity contribution >= 4 is 17.0 Å². The van der Waals surface area contributed by atoms with Crippen LogP contribution in [0, 0.1) is 6.92 Å². The van der Waals surface area contributed by atoms with Crippen molar-refractivity contribution in [2.24, 2.45) is 0 Å². The smallest absolute Gasteiger partial charge is 0.224 e. The summed E-state index contributed by atoms with van der Waals surface area (Å²) in [5, 5.41) is 2.97. The lowest BCUT2D eigenvalue weighted by atomic mass is 10.1. The molecular weight excluding hydrogens is 216 g/mol. The van der Waals surface area contributed by atoms with E-state index in [-0.39, 0.29) is 5.91 Å². The monoisotopic (exact) mass is 230 g/mol. The Kier molecular flexibility index (Phi) is 2.35. The lowest BCUT2D eigenvalue weighted by Crippen LogP contribution is -2.26. The number of carbonyl (C=O) groups is 1. The van der Waals surface area contributed by atoms with Gasteiger partial charge in [-0.05, 0) is 30.5 Å². The largest absolute Gasteiger partial charge is 0.441 e. The SMILES string of the molecule is Cc1nc2ccc(CC(=O)NC3CC3)cc2o1. The predicted octanol–water partition coefficient (Wildman–Crippen LogP) is 1.96. The molecule has 1 amide bonds. The quantitative estimate of drug-likeness (QED) is 0.876. The van der Waals surface area contributed by atoms with Gasteiger partial charge in [0, 0.05) is 13.0 Å². The van der Waals surface area contributed by atoms with Crippen LogP contribution in [0.5, 0.6) is 0 Å². The van der Waals surface area contributed by atoms with Crippen LogP contribution in [0.2, 0.25) is 0 Å². The Morgan fingerprint density at radius 2 is 2.35 bits per heavy atom. The molecule has 1 N–H and O–H groups in total. The van der Waals surface area contributed by atoms with Gasteiger partial charge >= 0.3 is 0 Å². The van der Waals surface area contributed by atoms with E-state index in [1.807, 2.05) is 25.1 Å². The molecule has 17 heavy (non-hydrogen) atoms. The van der Waals surface area contributed by atoms with E-state index in [1.165, 1.54) is 0 Å². The molecule has 4 heteroatoms. The average molecular weight is 230 g/mol. The lowest BCUT2D eigenvalue weighted by Gasteiger charge is -2.02. The van der Waals surface area contributed by atoms with Crippen LogP contribution >= 0.6 is 0 Å². The van der Waals surface area contributed by atoms with E-state index >= 15 is 0 Å². The number of amides is 1. The molecule has 1 aromatic heterocycles. The van der Waals surface area contributed by atoms with Gasteiger partial charge in [-0.2, -0.15) is 0 Å². The van der Waals surface area contributed by atoms with Gasteiger partial charge in [0.05, 0.1) is 6.42 Å². The van der Waals surface area contributed by atoms with Gasteiger partial charge in [0.2, 0.25) is 5.91 Å². The van der Waals surface area contributed by atoms with Crippen LogP contribution in [-0.4, -0.2) is 16.9 Å². The van der Waals surface area contributed by atoms with Crippen molar-refractivity contribution in [1.29, 1.82) is 0 Å². The first-order valence-corrected chi connectivity index (χ1v) is 5.86. The van der Waals surface area contributed by atoms with Gasteiger partial charge in [0.1, 0.15) is 5.52 Å². The second-order valence-electron chi connectivity index (χ2n) is 4.55. The van der Waals surface area contributed by atoms with Gasteiger partial charge in [-0.3, -0.25) is 4.79 Å². The highest BCUT2D eigenvalue weighted by atomic mass is 16.3. The summed E-state index contributed by atoms with van der Waals surface area (Å²) in [6.45, 7) is 1.82. The molecule has 0 saturated heterocycles. The van der Waals surface area contributed by atoms with Crippen molar-refractivity contribution < 1.29 is 9.21 Å². The van der Waals surface area contributed by atoms with Crippen LogP contribution in [0.15, 0.2) is 22.6 Å². The number of hydrogen-bond donors (Lipinski definition) is 1.